The molecule has 0 aliphatic heterocycles. The van der Waals surface area contributed by atoms with Crippen LogP contribution in [0, 0.1) is 0 Å². The number of phenols is 1. The third-order valence-electron chi connectivity index (χ3n) is 3.04. The SMILES string of the molecule is Nc1ccc(N(CCCS(=O)(=O)O)CCCS(=O)(=O)O)cc1O. The Kier molecular flexibility index (Phi) is 6.62. The summed E-state index contributed by atoms with van der Waals surface area (Å²) in [7, 11) is -8.19. The third-order valence-corrected chi connectivity index (χ3v) is 4.65. The van der Waals surface area contributed by atoms with Crippen LogP contribution < -0.4 is 10.6 Å². The van der Waals surface area contributed by atoms with Crippen LogP contribution >= 0.6 is 0 Å². The Morgan fingerprint density at radius 3 is 1.83 bits per heavy atom. The van der Waals surface area contributed by atoms with Crippen LogP contribution in [-0.2, 0) is 20.2 Å². The highest BCUT2D eigenvalue weighted by atomic mass is 32.2. The van der Waals surface area contributed by atoms with E-state index in [0.29, 0.717) is 5.69 Å². The lowest BCUT2D eigenvalue weighted by atomic mass is 10.2. The van der Waals surface area contributed by atoms with Gasteiger partial charge in [-0.15, -0.1) is 0 Å². The van der Waals surface area contributed by atoms with Crippen LogP contribution in [0.3, 0.4) is 0 Å². The summed E-state index contributed by atoms with van der Waals surface area (Å²) in [5.74, 6) is -1.04. The van der Waals surface area contributed by atoms with Crippen molar-refractivity contribution in [1.82, 2.24) is 0 Å². The largest absolute Gasteiger partial charge is 0.506 e. The molecule has 0 amide bonds. The summed E-state index contributed by atoms with van der Waals surface area (Å²) in [5.41, 5.74) is 6.20. The summed E-state index contributed by atoms with van der Waals surface area (Å²) in [5, 5.41) is 9.63. The summed E-state index contributed by atoms with van der Waals surface area (Å²) < 4.78 is 60.5. The van der Waals surface area contributed by atoms with Crippen molar-refractivity contribution in [3.05, 3.63) is 18.2 Å². The first-order valence-electron chi connectivity index (χ1n) is 6.72. The summed E-state index contributed by atoms with van der Waals surface area (Å²) >= 11 is 0. The van der Waals surface area contributed by atoms with Crippen molar-refractivity contribution in [3.8, 4) is 5.75 Å². The van der Waals surface area contributed by atoms with E-state index in [4.69, 9.17) is 14.8 Å². The highest BCUT2D eigenvalue weighted by Gasteiger charge is 2.13. The predicted molar refractivity (Wildman–Crippen MR) is 86.8 cm³/mol. The van der Waals surface area contributed by atoms with E-state index in [2.05, 4.69) is 0 Å². The molecule has 0 aliphatic carbocycles. The van der Waals surface area contributed by atoms with Crippen LogP contribution in [0.2, 0.25) is 0 Å². The van der Waals surface area contributed by atoms with E-state index < -0.39 is 31.7 Å². The van der Waals surface area contributed by atoms with Gasteiger partial charge in [0, 0.05) is 24.8 Å². The van der Waals surface area contributed by atoms with Gasteiger partial charge in [-0.05, 0) is 25.0 Å². The Morgan fingerprint density at radius 2 is 1.43 bits per heavy atom. The number of hydrogen-bond donors (Lipinski definition) is 4. The van der Waals surface area contributed by atoms with E-state index in [1.165, 1.54) is 12.1 Å². The fraction of sp³-hybridized carbons (Fsp3) is 0.500. The lowest BCUT2D eigenvalue weighted by Gasteiger charge is -2.25. The van der Waals surface area contributed by atoms with Crippen molar-refractivity contribution in [2.24, 2.45) is 0 Å². The minimum Gasteiger partial charge on any atom is -0.506 e. The fourth-order valence-electron chi connectivity index (χ4n) is 1.97. The molecule has 0 radical (unpaired) electrons. The van der Waals surface area contributed by atoms with E-state index in [0.717, 1.165) is 0 Å². The van der Waals surface area contributed by atoms with Gasteiger partial charge in [0.2, 0.25) is 0 Å². The van der Waals surface area contributed by atoms with Crippen LogP contribution in [-0.4, -0.2) is 55.6 Å². The number of hydrogen-bond acceptors (Lipinski definition) is 7. The van der Waals surface area contributed by atoms with Gasteiger partial charge in [-0.3, -0.25) is 9.11 Å². The van der Waals surface area contributed by atoms with Gasteiger partial charge in [0.05, 0.1) is 17.2 Å². The molecule has 1 aromatic rings. The molecule has 0 atom stereocenters. The number of phenolic OH excluding ortho intramolecular Hbond substituents is 1. The molecule has 0 unspecified atom stereocenters. The second kappa shape index (κ2) is 7.81. The van der Waals surface area contributed by atoms with Crippen molar-refractivity contribution in [1.29, 1.82) is 0 Å². The molecule has 0 saturated heterocycles. The molecule has 11 heteroatoms. The molecule has 0 heterocycles. The predicted octanol–water partition coefficient (Wildman–Crippen LogP) is 0.337. The van der Waals surface area contributed by atoms with Gasteiger partial charge < -0.3 is 15.7 Å². The number of nitrogens with zero attached hydrogens (tertiary/aromatic N) is 1. The van der Waals surface area contributed by atoms with Gasteiger partial charge in [0.1, 0.15) is 5.75 Å². The number of nitrogens with two attached hydrogens (primary N) is 1. The standard InChI is InChI=1S/C12H20N2O7S2/c13-11-4-3-10(9-12(11)15)14(5-1-7-22(16,17)18)6-2-8-23(19,20)21/h3-4,9,15H,1-2,5-8,13H2,(H,16,17,18)(H,19,20,21). The number of rotatable bonds is 9. The Labute approximate surface area is 135 Å². The topological polar surface area (TPSA) is 158 Å². The summed E-state index contributed by atoms with van der Waals surface area (Å²) in [6, 6.07) is 4.43. The number of aromatic hydroxyl groups is 1. The summed E-state index contributed by atoms with van der Waals surface area (Å²) in [6.45, 7) is 0.406. The van der Waals surface area contributed by atoms with Crippen LogP contribution in [0.5, 0.6) is 5.75 Å². The average Bonchev–Trinajstić information content (AvgIpc) is 2.37. The van der Waals surface area contributed by atoms with Crippen molar-refractivity contribution < 1.29 is 31.0 Å². The summed E-state index contributed by atoms with van der Waals surface area (Å²) in [4.78, 5) is 1.63. The van der Waals surface area contributed by atoms with Gasteiger partial charge in [0.25, 0.3) is 20.2 Å². The molecule has 5 N–H and O–H groups in total. The van der Waals surface area contributed by atoms with Gasteiger partial charge in [-0.1, -0.05) is 0 Å². The molecule has 0 bridgehead atoms. The minimum absolute atomic E-state index is 0.107. The molecule has 0 fully saturated rings. The monoisotopic (exact) mass is 368 g/mol. The van der Waals surface area contributed by atoms with E-state index in [1.807, 2.05) is 0 Å². The van der Waals surface area contributed by atoms with Crippen LogP contribution in [0.1, 0.15) is 12.8 Å². The van der Waals surface area contributed by atoms with Crippen LogP contribution in [0.15, 0.2) is 18.2 Å². The zero-order valence-corrected chi connectivity index (χ0v) is 13.9. The molecule has 9 nitrogen and oxygen atoms in total. The highest BCUT2D eigenvalue weighted by molar-refractivity contribution is 7.86. The molecule has 0 spiro atoms. The van der Waals surface area contributed by atoms with Crippen molar-refractivity contribution >= 4 is 31.6 Å². The summed E-state index contributed by atoms with van der Waals surface area (Å²) in [6.07, 6.45) is 0.214. The minimum atomic E-state index is -4.09. The van der Waals surface area contributed by atoms with E-state index in [1.54, 1.807) is 11.0 Å². The first-order chi connectivity index (χ1) is 10.5. The molecular weight excluding hydrogens is 348 g/mol. The fourth-order valence-corrected chi connectivity index (χ4v) is 2.96. The number of anilines is 2. The van der Waals surface area contributed by atoms with Crippen molar-refractivity contribution in [2.45, 2.75) is 12.8 Å². The molecule has 0 saturated carbocycles. The highest BCUT2D eigenvalue weighted by Crippen LogP contribution is 2.26. The normalized spacial score (nSPS) is 12.3. The molecule has 1 aromatic carbocycles. The van der Waals surface area contributed by atoms with Crippen molar-refractivity contribution in [3.63, 3.8) is 0 Å². The molecule has 132 valence electrons. The Hall–Kier alpha value is -1.56. The second-order valence-electron chi connectivity index (χ2n) is 5.01. The second-order valence-corrected chi connectivity index (χ2v) is 8.15. The Morgan fingerprint density at radius 1 is 0.957 bits per heavy atom. The first-order valence-corrected chi connectivity index (χ1v) is 9.93. The van der Waals surface area contributed by atoms with Crippen molar-refractivity contribution in [2.75, 3.05) is 35.2 Å². The molecular formula is C12H20N2O7S2. The lowest BCUT2D eigenvalue weighted by molar-refractivity contribution is 0.476. The maximum absolute atomic E-state index is 10.8. The average molecular weight is 368 g/mol. The molecule has 1 rings (SSSR count). The van der Waals surface area contributed by atoms with Crippen LogP contribution in [0.4, 0.5) is 11.4 Å². The number of nitrogen functional groups attached to an aromatic ring is 1. The maximum Gasteiger partial charge on any atom is 0.264 e. The van der Waals surface area contributed by atoms with E-state index in [-0.39, 0.29) is 37.4 Å². The zero-order chi connectivity index (χ0) is 17.7. The van der Waals surface area contributed by atoms with Crippen LogP contribution in [0.25, 0.3) is 0 Å². The van der Waals surface area contributed by atoms with Gasteiger partial charge in [-0.25, -0.2) is 0 Å². The lowest BCUT2D eigenvalue weighted by Crippen LogP contribution is -2.28. The van der Waals surface area contributed by atoms with Gasteiger partial charge in [-0.2, -0.15) is 16.8 Å². The first kappa shape index (κ1) is 19.5. The van der Waals surface area contributed by atoms with Gasteiger partial charge in [0.15, 0.2) is 0 Å². The Balaban J connectivity index is 2.80. The maximum atomic E-state index is 10.8. The Bertz CT molecular complexity index is 694. The zero-order valence-electron chi connectivity index (χ0n) is 12.3. The van der Waals surface area contributed by atoms with E-state index >= 15 is 0 Å². The molecule has 23 heavy (non-hydrogen) atoms. The molecule has 0 aliphatic rings. The number of benzene rings is 1. The van der Waals surface area contributed by atoms with Gasteiger partial charge >= 0.3 is 0 Å². The third kappa shape index (κ3) is 8.02. The smallest absolute Gasteiger partial charge is 0.264 e. The quantitative estimate of drug-likeness (QED) is 0.274. The van der Waals surface area contributed by atoms with E-state index in [9.17, 15) is 21.9 Å². The molecule has 0 aromatic heterocycles.